The van der Waals surface area contributed by atoms with E-state index in [1.54, 1.807) is 0 Å². The van der Waals surface area contributed by atoms with Crippen molar-refractivity contribution in [2.75, 3.05) is 33.0 Å². The third kappa shape index (κ3) is 35.8. The number of unbranched alkanes of at least 4 members (excludes halogenated alkanes) is 15. The maximum atomic E-state index is 12.2. The predicted octanol–water partition coefficient (Wildman–Crippen LogP) is 10.9. The minimum Gasteiger partial charge on any atom is -0.457 e. The van der Waals surface area contributed by atoms with Crippen LogP contribution in [0, 0.1) is 0 Å². The molecule has 48 heavy (non-hydrogen) atoms. The van der Waals surface area contributed by atoms with E-state index in [1.807, 2.05) is 0 Å². The summed E-state index contributed by atoms with van der Waals surface area (Å²) in [4.78, 5) is 21.9. The average Bonchev–Trinajstić information content (AvgIpc) is 3.07. The van der Waals surface area contributed by atoms with Gasteiger partial charge in [-0.25, -0.2) is 4.57 Å². The molecule has 0 bridgehead atoms. The van der Waals surface area contributed by atoms with Crippen LogP contribution < -0.4 is 5.73 Å². The van der Waals surface area contributed by atoms with Gasteiger partial charge >= 0.3 is 13.8 Å². The SMILES string of the molecule is CC/C=C\C/C=C\C/C=C\C/C=C\CCCCCCCCCCCCCCCOCC(COP(=O)(O)OCCN)OC(=O)CCCCC. The first-order valence-electron chi connectivity index (χ1n) is 19.1. The third-order valence-corrected chi connectivity index (χ3v) is 8.74. The minimum atomic E-state index is -4.25. The Morgan fingerprint density at radius 3 is 1.71 bits per heavy atom. The van der Waals surface area contributed by atoms with Crippen molar-refractivity contribution < 1.29 is 32.8 Å². The van der Waals surface area contributed by atoms with Crippen molar-refractivity contribution in [3.63, 3.8) is 0 Å². The van der Waals surface area contributed by atoms with Gasteiger partial charge in [-0.15, -0.1) is 0 Å². The molecule has 0 aromatic heterocycles. The average molecular weight is 698 g/mol. The largest absolute Gasteiger partial charge is 0.472 e. The van der Waals surface area contributed by atoms with Crippen LogP contribution in [0.3, 0.4) is 0 Å². The highest BCUT2D eigenvalue weighted by Gasteiger charge is 2.25. The van der Waals surface area contributed by atoms with Crippen molar-refractivity contribution in [2.45, 2.75) is 161 Å². The van der Waals surface area contributed by atoms with Crippen LogP contribution in [0.1, 0.15) is 155 Å². The normalized spacial score (nSPS) is 14.2. The Kier molecular flexibility index (Phi) is 35.6. The number of carbonyl (C=O) groups excluding carboxylic acids is 1. The van der Waals surface area contributed by atoms with Gasteiger partial charge in [0.05, 0.1) is 19.8 Å². The number of hydrogen-bond donors (Lipinski definition) is 2. The molecule has 0 aliphatic carbocycles. The highest BCUT2D eigenvalue weighted by molar-refractivity contribution is 7.47. The van der Waals surface area contributed by atoms with Crippen LogP contribution in [-0.2, 0) is 27.9 Å². The van der Waals surface area contributed by atoms with Crippen molar-refractivity contribution in [2.24, 2.45) is 5.73 Å². The molecule has 0 aliphatic heterocycles. The number of hydrogen-bond acceptors (Lipinski definition) is 7. The molecule has 0 heterocycles. The lowest BCUT2D eigenvalue weighted by Crippen LogP contribution is -2.28. The molecule has 9 heteroatoms. The number of rotatable bonds is 36. The van der Waals surface area contributed by atoms with Crippen LogP contribution in [0.25, 0.3) is 0 Å². The Morgan fingerprint density at radius 2 is 1.17 bits per heavy atom. The summed E-state index contributed by atoms with van der Waals surface area (Å²) in [6.07, 6.45) is 42.2. The molecule has 3 N–H and O–H groups in total. The Balaban J connectivity index is 3.70. The van der Waals surface area contributed by atoms with Crippen LogP contribution in [0.2, 0.25) is 0 Å². The fourth-order valence-electron chi connectivity index (χ4n) is 4.99. The quantitative estimate of drug-likeness (QED) is 0.0287. The summed E-state index contributed by atoms with van der Waals surface area (Å²) in [6.45, 7) is 4.62. The van der Waals surface area contributed by atoms with Gasteiger partial charge in [-0.3, -0.25) is 13.8 Å². The van der Waals surface area contributed by atoms with Crippen molar-refractivity contribution in [1.29, 1.82) is 0 Å². The minimum absolute atomic E-state index is 0.0969. The van der Waals surface area contributed by atoms with Crippen molar-refractivity contribution >= 4 is 13.8 Å². The van der Waals surface area contributed by atoms with Crippen LogP contribution >= 0.6 is 7.82 Å². The molecule has 0 saturated carbocycles. The van der Waals surface area contributed by atoms with Gasteiger partial charge in [-0.1, -0.05) is 146 Å². The van der Waals surface area contributed by atoms with E-state index in [4.69, 9.17) is 24.3 Å². The molecule has 2 unspecified atom stereocenters. The van der Waals surface area contributed by atoms with Gasteiger partial charge in [0.2, 0.25) is 0 Å². The van der Waals surface area contributed by atoms with Crippen molar-refractivity contribution in [3.8, 4) is 0 Å². The van der Waals surface area contributed by atoms with Crippen molar-refractivity contribution in [3.05, 3.63) is 48.6 Å². The Hall–Kier alpha value is -1.54. The van der Waals surface area contributed by atoms with E-state index in [9.17, 15) is 14.3 Å². The fraction of sp³-hybridized carbons (Fsp3) is 0.769. The number of carbonyl (C=O) groups is 1. The van der Waals surface area contributed by atoms with Gasteiger partial charge in [0, 0.05) is 19.6 Å². The molecule has 0 radical (unpaired) electrons. The zero-order chi connectivity index (χ0) is 35.2. The molecule has 0 fully saturated rings. The van der Waals surface area contributed by atoms with Gasteiger partial charge in [0.15, 0.2) is 0 Å². The smallest absolute Gasteiger partial charge is 0.457 e. The van der Waals surface area contributed by atoms with Gasteiger partial charge in [0.1, 0.15) is 6.10 Å². The van der Waals surface area contributed by atoms with Crippen LogP contribution in [0.5, 0.6) is 0 Å². The fourth-order valence-corrected chi connectivity index (χ4v) is 5.75. The molecule has 0 amide bonds. The summed E-state index contributed by atoms with van der Waals surface area (Å²) in [7, 11) is -4.25. The molecule has 0 aromatic rings. The maximum Gasteiger partial charge on any atom is 0.472 e. The lowest BCUT2D eigenvalue weighted by Gasteiger charge is -2.20. The van der Waals surface area contributed by atoms with Crippen molar-refractivity contribution in [1.82, 2.24) is 0 Å². The summed E-state index contributed by atoms with van der Waals surface area (Å²) < 4.78 is 32.9. The second kappa shape index (κ2) is 36.7. The number of phosphoric acid groups is 1. The lowest BCUT2D eigenvalue weighted by atomic mass is 10.0. The zero-order valence-corrected chi connectivity index (χ0v) is 31.6. The Morgan fingerprint density at radius 1 is 0.646 bits per heavy atom. The third-order valence-electron chi connectivity index (χ3n) is 7.76. The highest BCUT2D eigenvalue weighted by Crippen LogP contribution is 2.43. The Bertz CT molecular complexity index is 874. The molecule has 0 saturated heterocycles. The molecule has 0 aliphatic rings. The molecule has 0 rings (SSSR count). The van der Waals surface area contributed by atoms with E-state index in [0.717, 1.165) is 57.8 Å². The molecular weight excluding hydrogens is 625 g/mol. The van der Waals surface area contributed by atoms with E-state index in [-0.39, 0.29) is 32.3 Å². The lowest BCUT2D eigenvalue weighted by molar-refractivity contribution is -0.154. The molecule has 0 aromatic carbocycles. The second-order valence-corrected chi connectivity index (χ2v) is 13.9. The summed E-state index contributed by atoms with van der Waals surface area (Å²) in [6, 6.07) is 0. The van der Waals surface area contributed by atoms with Gasteiger partial charge < -0.3 is 20.1 Å². The zero-order valence-electron chi connectivity index (χ0n) is 30.7. The van der Waals surface area contributed by atoms with Crippen LogP contribution in [-0.4, -0.2) is 49.9 Å². The predicted molar refractivity (Wildman–Crippen MR) is 201 cm³/mol. The summed E-state index contributed by atoms with van der Waals surface area (Å²) in [5, 5.41) is 0. The van der Waals surface area contributed by atoms with Crippen LogP contribution in [0.15, 0.2) is 48.6 Å². The Labute approximate surface area is 294 Å². The first kappa shape index (κ1) is 46.5. The first-order valence-corrected chi connectivity index (χ1v) is 20.6. The molecule has 280 valence electrons. The van der Waals surface area contributed by atoms with E-state index in [0.29, 0.717) is 13.0 Å². The van der Waals surface area contributed by atoms with E-state index in [1.165, 1.54) is 77.0 Å². The molecule has 0 spiro atoms. The summed E-state index contributed by atoms with van der Waals surface area (Å²) in [5.74, 6) is -0.357. The van der Waals surface area contributed by atoms with Gasteiger partial charge in [-0.05, 0) is 51.4 Å². The van der Waals surface area contributed by atoms with Gasteiger partial charge in [-0.2, -0.15) is 0 Å². The maximum absolute atomic E-state index is 12.2. The highest BCUT2D eigenvalue weighted by atomic mass is 31.2. The number of phosphoric ester groups is 1. The number of nitrogens with two attached hydrogens (primary N) is 1. The molecule has 8 nitrogen and oxygen atoms in total. The van der Waals surface area contributed by atoms with Crippen LogP contribution in [0.4, 0.5) is 0 Å². The van der Waals surface area contributed by atoms with E-state index >= 15 is 0 Å². The number of esters is 1. The first-order chi connectivity index (χ1) is 23.4. The van der Waals surface area contributed by atoms with Gasteiger partial charge in [0.25, 0.3) is 0 Å². The number of allylic oxidation sites excluding steroid dienone is 8. The second-order valence-electron chi connectivity index (χ2n) is 12.4. The summed E-state index contributed by atoms with van der Waals surface area (Å²) in [5.41, 5.74) is 5.31. The van der Waals surface area contributed by atoms with E-state index < -0.39 is 13.9 Å². The standard InChI is InChI=1S/C39H72NO7P/c1-3-5-7-8-9-10-11-12-13-14-15-16-17-18-19-20-21-22-23-24-25-26-27-28-29-31-34-44-36-38(47-39(41)32-30-6-4-2)37-46-48(42,43)45-35-33-40/h5,7,9-10,12-13,15-16,38H,3-4,6,8,11,14,17-37,40H2,1-2H3,(H,42,43)/b7-5-,10-9-,13-12-,16-15-. The molecular formula is C39H72NO7P. The topological polar surface area (TPSA) is 117 Å². The summed E-state index contributed by atoms with van der Waals surface area (Å²) >= 11 is 0. The number of ether oxygens (including phenoxy) is 2. The molecule has 2 atom stereocenters. The monoisotopic (exact) mass is 698 g/mol. The van der Waals surface area contributed by atoms with E-state index in [2.05, 4.69) is 62.5 Å².